The minimum Gasteiger partial charge on any atom is -0.337 e. The fourth-order valence-electron chi connectivity index (χ4n) is 2.59. The summed E-state index contributed by atoms with van der Waals surface area (Å²) in [5.74, 6) is -5.56. The molecule has 0 atom stereocenters. The highest BCUT2D eigenvalue weighted by atomic mass is 19.2. The van der Waals surface area contributed by atoms with Gasteiger partial charge in [-0.2, -0.15) is 0 Å². The molecule has 25 heavy (non-hydrogen) atoms. The Morgan fingerprint density at radius 2 is 1.76 bits per heavy atom. The number of amides is 2. The number of pyridine rings is 1. The number of nitrogens with one attached hydrogen (secondary N) is 1. The third-order valence-corrected chi connectivity index (χ3v) is 3.92. The SMILES string of the molecule is O=C(Nc1ccc(F)c(F)c1F)c1ccnc(C(=O)N2CCCC2)c1. The van der Waals surface area contributed by atoms with Crippen LogP contribution in [0.3, 0.4) is 0 Å². The summed E-state index contributed by atoms with van der Waals surface area (Å²) in [5, 5.41) is 2.16. The fraction of sp³-hybridized carbons (Fsp3) is 0.235. The maximum Gasteiger partial charge on any atom is 0.272 e. The molecule has 2 amide bonds. The van der Waals surface area contributed by atoms with Crippen LogP contribution in [0, 0.1) is 17.5 Å². The van der Waals surface area contributed by atoms with Gasteiger partial charge in [0.2, 0.25) is 0 Å². The van der Waals surface area contributed by atoms with Crippen molar-refractivity contribution in [1.82, 2.24) is 9.88 Å². The second kappa shape index (κ2) is 6.92. The maximum atomic E-state index is 13.6. The molecule has 0 bridgehead atoms. The summed E-state index contributed by atoms with van der Waals surface area (Å²) in [6.07, 6.45) is 3.13. The second-order valence-corrected chi connectivity index (χ2v) is 5.61. The van der Waals surface area contributed by atoms with Gasteiger partial charge in [0, 0.05) is 24.8 Å². The first-order chi connectivity index (χ1) is 12.0. The molecule has 0 radical (unpaired) electrons. The first kappa shape index (κ1) is 16.9. The van der Waals surface area contributed by atoms with Crippen molar-refractivity contribution in [2.75, 3.05) is 18.4 Å². The van der Waals surface area contributed by atoms with Crippen LogP contribution in [-0.2, 0) is 0 Å². The number of aromatic nitrogens is 1. The van der Waals surface area contributed by atoms with Crippen LogP contribution in [0.1, 0.15) is 33.7 Å². The Morgan fingerprint density at radius 1 is 1.04 bits per heavy atom. The molecule has 1 N–H and O–H groups in total. The molecule has 2 heterocycles. The van der Waals surface area contributed by atoms with Crippen LogP contribution in [0.15, 0.2) is 30.5 Å². The van der Waals surface area contributed by atoms with Crippen molar-refractivity contribution < 1.29 is 22.8 Å². The van der Waals surface area contributed by atoms with E-state index in [4.69, 9.17) is 0 Å². The summed E-state index contributed by atoms with van der Waals surface area (Å²) in [4.78, 5) is 30.1. The van der Waals surface area contributed by atoms with Gasteiger partial charge in [-0.15, -0.1) is 0 Å². The van der Waals surface area contributed by atoms with Gasteiger partial charge in [-0.25, -0.2) is 13.2 Å². The van der Waals surface area contributed by atoms with E-state index in [1.165, 1.54) is 18.3 Å². The molecule has 0 spiro atoms. The third-order valence-electron chi connectivity index (χ3n) is 3.92. The Morgan fingerprint density at radius 3 is 2.48 bits per heavy atom. The average Bonchev–Trinajstić information content (AvgIpc) is 3.16. The number of nitrogens with zero attached hydrogens (tertiary/aromatic N) is 2. The van der Waals surface area contributed by atoms with Crippen LogP contribution in [0.25, 0.3) is 0 Å². The summed E-state index contributed by atoms with van der Waals surface area (Å²) in [7, 11) is 0. The van der Waals surface area contributed by atoms with Crippen LogP contribution in [0.5, 0.6) is 0 Å². The molecule has 1 aliphatic heterocycles. The van der Waals surface area contributed by atoms with Crippen molar-refractivity contribution in [3.8, 4) is 0 Å². The van der Waals surface area contributed by atoms with Gasteiger partial charge in [0.15, 0.2) is 17.5 Å². The number of halogens is 3. The Kier molecular flexibility index (Phi) is 4.69. The number of carbonyl (C=O) groups excluding carboxylic acids is 2. The lowest BCUT2D eigenvalue weighted by atomic mass is 10.2. The van der Waals surface area contributed by atoms with Crippen molar-refractivity contribution in [2.45, 2.75) is 12.8 Å². The summed E-state index contributed by atoms with van der Waals surface area (Å²) in [5.41, 5.74) is -0.338. The van der Waals surface area contributed by atoms with Gasteiger partial charge in [0.1, 0.15) is 5.69 Å². The summed E-state index contributed by atoms with van der Waals surface area (Å²) in [6.45, 7) is 1.27. The zero-order chi connectivity index (χ0) is 18.0. The molecule has 0 saturated carbocycles. The first-order valence-electron chi connectivity index (χ1n) is 7.67. The molecule has 5 nitrogen and oxygen atoms in total. The monoisotopic (exact) mass is 349 g/mol. The lowest BCUT2D eigenvalue weighted by molar-refractivity contribution is 0.0787. The topological polar surface area (TPSA) is 62.3 Å². The van der Waals surface area contributed by atoms with Crippen LogP contribution in [0.4, 0.5) is 18.9 Å². The lowest BCUT2D eigenvalue weighted by Crippen LogP contribution is -2.28. The van der Waals surface area contributed by atoms with Crippen LogP contribution in [-0.4, -0.2) is 34.8 Å². The van der Waals surface area contributed by atoms with Gasteiger partial charge < -0.3 is 10.2 Å². The van der Waals surface area contributed by atoms with Gasteiger partial charge >= 0.3 is 0 Å². The predicted molar refractivity (Wildman–Crippen MR) is 83.6 cm³/mol. The molecular formula is C17H14F3N3O2. The number of carbonyl (C=O) groups is 2. The van der Waals surface area contributed by atoms with E-state index >= 15 is 0 Å². The Bertz CT molecular complexity index is 836. The number of likely N-dealkylation sites (tertiary alicyclic amines) is 1. The van der Waals surface area contributed by atoms with Crippen molar-refractivity contribution >= 4 is 17.5 Å². The lowest BCUT2D eigenvalue weighted by Gasteiger charge is -2.14. The molecule has 0 unspecified atom stereocenters. The van der Waals surface area contributed by atoms with E-state index in [-0.39, 0.29) is 17.2 Å². The van der Waals surface area contributed by atoms with E-state index in [0.29, 0.717) is 19.2 Å². The Hall–Kier alpha value is -2.90. The minimum absolute atomic E-state index is 0.0571. The molecule has 1 aromatic heterocycles. The van der Waals surface area contributed by atoms with E-state index < -0.39 is 29.0 Å². The first-order valence-corrected chi connectivity index (χ1v) is 7.67. The molecule has 130 valence electrons. The molecule has 1 fully saturated rings. The van der Waals surface area contributed by atoms with Crippen molar-refractivity contribution in [1.29, 1.82) is 0 Å². The van der Waals surface area contributed by atoms with Crippen LogP contribution < -0.4 is 5.32 Å². The average molecular weight is 349 g/mol. The van der Waals surface area contributed by atoms with Gasteiger partial charge in [0.25, 0.3) is 11.8 Å². The number of rotatable bonds is 3. The van der Waals surface area contributed by atoms with Gasteiger partial charge in [-0.05, 0) is 37.1 Å². The normalized spacial score (nSPS) is 13.8. The fourth-order valence-corrected chi connectivity index (χ4v) is 2.59. The highest BCUT2D eigenvalue weighted by molar-refractivity contribution is 6.05. The zero-order valence-electron chi connectivity index (χ0n) is 13.1. The number of hydrogen-bond donors (Lipinski definition) is 1. The number of benzene rings is 1. The number of hydrogen-bond acceptors (Lipinski definition) is 3. The van der Waals surface area contributed by atoms with Gasteiger partial charge in [0.05, 0.1) is 5.69 Å². The van der Waals surface area contributed by atoms with E-state index in [2.05, 4.69) is 10.3 Å². The van der Waals surface area contributed by atoms with Crippen LogP contribution in [0.2, 0.25) is 0 Å². The smallest absolute Gasteiger partial charge is 0.272 e. The third kappa shape index (κ3) is 3.47. The van der Waals surface area contributed by atoms with Gasteiger partial charge in [-0.1, -0.05) is 0 Å². The van der Waals surface area contributed by atoms with Crippen LogP contribution >= 0.6 is 0 Å². The Balaban J connectivity index is 1.80. The summed E-state index contributed by atoms with van der Waals surface area (Å²) >= 11 is 0. The predicted octanol–water partition coefficient (Wildman–Crippen LogP) is 2.99. The highest BCUT2D eigenvalue weighted by Crippen LogP contribution is 2.20. The second-order valence-electron chi connectivity index (χ2n) is 5.61. The van der Waals surface area contributed by atoms with E-state index in [1.54, 1.807) is 4.90 Å². The summed E-state index contributed by atoms with van der Waals surface area (Å²) in [6, 6.07) is 4.26. The summed E-state index contributed by atoms with van der Waals surface area (Å²) < 4.78 is 39.8. The molecule has 8 heteroatoms. The molecule has 2 aromatic rings. The molecule has 3 rings (SSSR count). The van der Waals surface area contributed by atoms with E-state index in [9.17, 15) is 22.8 Å². The number of anilines is 1. The largest absolute Gasteiger partial charge is 0.337 e. The standard InChI is InChI=1S/C17H14F3N3O2/c18-11-3-4-12(15(20)14(11)19)22-16(24)10-5-6-21-13(9-10)17(25)23-7-1-2-8-23/h3-6,9H,1-2,7-8H2,(H,22,24). The molecule has 0 aliphatic carbocycles. The molecule has 1 saturated heterocycles. The van der Waals surface area contributed by atoms with Crippen molar-refractivity contribution in [3.05, 3.63) is 59.2 Å². The van der Waals surface area contributed by atoms with Crippen molar-refractivity contribution in [3.63, 3.8) is 0 Å². The van der Waals surface area contributed by atoms with E-state index in [1.807, 2.05) is 0 Å². The van der Waals surface area contributed by atoms with Crippen molar-refractivity contribution in [2.24, 2.45) is 0 Å². The van der Waals surface area contributed by atoms with Gasteiger partial charge in [-0.3, -0.25) is 14.6 Å². The Labute approximate surface area is 141 Å². The molecular weight excluding hydrogens is 335 g/mol. The quantitative estimate of drug-likeness (QED) is 0.867. The highest BCUT2D eigenvalue weighted by Gasteiger charge is 2.22. The minimum atomic E-state index is -1.67. The van der Waals surface area contributed by atoms with E-state index in [0.717, 1.165) is 18.9 Å². The molecule has 1 aliphatic rings. The maximum absolute atomic E-state index is 13.6. The zero-order valence-corrected chi connectivity index (χ0v) is 13.1. The molecule has 1 aromatic carbocycles.